The summed E-state index contributed by atoms with van der Waals surface area (Å²) < 4.78 is 63.4. The van der Waals surface area contributed by atoms with E-state index in [1.54, 1.807) is 0 Å². The van der Waals surface area contributed by atoms with Gasteiger partial charge in [0.05, 0.1) is 11.7 Å². The molecule has 2 aromatic rings. The van der Waals surface area contributed by atoms with Gasteiger partial charge in [-0.25, -0.2) is 13.1 Å². The Kier molecular flexibility index (Phi) is 5.03. The van der Waals surface area contributed by atoms with Crippen LogP contribution in [0, 0.1) is 0 Å². The summed E-state index contributed by atoms with van der Waals surface area (Å²) >= 11 is 0. The molecule has 1 aromatic carbocycles. The van der Waals surface area contributed by atoms with Crippen molar-refractivity contribution in [1.29, 1.82) is 0 Å². The van der Waals surface area contributed by atoms with Crippen LogP contribution in [0.15, 0.2) is 53.7 Å². The summed E-state index contributed by atoms with van der Waals surface area (Å²) in [4.78, 5) is 3.61. The Bertz CT molecular complexity index is 747. The second-order valence-corrected chi connectivity index (χ2v) is 6.44. The number of aliphatic hydroxyl groups excluding tert-OH is 1. The zero-order valence-electron chi connectivity index (χ0n) is 11.7. The molecule has 1 aromatic heterocycles. The molecule has 0 radical (unpaired) electrons. The largest absolute Gasteiger partial charge is 0.416 e. The average Bonchev–Trinajstić information content (AvgIpc) is 2.53. The zero-order chi connectivity index (χ0) is 17.1. The molecule has 1 atom stereocenters. The van der Waals surface area contributed by atoms with Gasteiger partial charge in [-0.15, -0.1) is 0 Å². The van der Waals surface area contributed by atoms with Crippen LogP contribution in [-0.2, 0) is 16.2 Å². The lowest BCUT2D eigenvalue weighted by molar-refractivity contribution is -0.137. The van der Waals surface area contributed by atoms with Crippen molar-refractivity contribution in [3.63, 3.8) is 0 Å². The fourth-order valence-electron chi connectivity index (χ4n) is 1.79. The van der Waals surface area contributed by atoms with Crippen molar-refractivity contribution in [1.82, 2.24) is 9.71 Å². The van der Waals surface area contributed by atoms with E-state index in [9.17, 15) is 26.7 Å². The number of hydrogen-bond donors (Lipinski definition) is 2. The molecule has 0 aliphatic heterocycles. The highest BCUT2D eigenvalue weighted by Crippen LogP contribution is 2.29. The van der Waals surface area contributed by atoms with Crippen LogP contribution in [0.25, 0.3) is 0 Å². The summed E-state index contributed by atoms with van der Waals surface area (Å²) in [5.74, 6) is 0. The second kappa shape index (κ2) is 6.65. The van der Waals surface area contributed by atoms with E-state index in [-0.39, 0.29) is 17.0 Å². The minimum Gasteiger partial charge on any atom is -0.387 e. The average molecular weight is 346 g/mol. The van der Waals surface area contributed by atoms with Crippen LogP contribution in [0.3, 0.4) is 0 Å². The number of benzene rings is 1. The van der Waals surface area contributed by atoms with Gasteiger partial charge in [0, 0.05) is 18.9 Å². The van der Waals surface area contributed by atoms with Crippen LogP contribution in [-0.4, -0.2) is 25.1 Å². The first-order chi connectivity index (χ1) is 10.7. The number of halogens is 3. The molecule has 0 aliphatic rings. The van der Waals surface area contributed by atoms with Gasteiger partial charge in [0.1, 0.15) is 4.90 Å². The maximum atomic E-state index is 12.5. The van der Waals surface area contributed by atoms with E-state index in [1.165, 1.54) is 18.3 Å². The molecule has 0 bridgehead atoms. The topological polar surface area (TPSA) is 79.3 Å². The number of alkyl halides is 3. The first kappa shape index (κ1) is 17.4. The Hall–Kier alpha value is -1.97. The molecular weight excluding hydrogens is 333 g/mol. The summed E-state index contributed by atoms with van der Waals surface area (Å²) in [6, 6.07) is 6.64. The van der Waals surface area contributed by atoms with Crippen LogP contribution < -0.4 is 4.72 Å². The first-order valence-electron chi connectivity index (χ1n) is 6.45. The van der Waals surface area contributed by atoms with E-state index in [1.807, 2.05) is 0 Å². The number of hydrogen-bond acceptors (Lipinski definition) is 4. The number of sulfonamides is 1. The maximum Gasteiger partial charge on any atom is 0.416 e. The number of aliphatic hydroxyl groups is 1. The van der Waals surface area contributed by atoms with Gasteiger partial charge in [-0.1, -0.05) is 12.1 Å². The van der Waals surface area contributed by atoms with E-state index in [0.717, 1.165) is 30.5 Å². The summed E-state index contributed by atoms with van der Waals surface area (Å²) in [7, 11) is -3.85. The highest BCUT2D eigenvalue weighted by atomic mass is 32.2. The molecule has 23 heavy (non-hydrogen) atoms. The standard InChI is InChI=1S/C14H13F3N2O3S/c15-14(16,17)11-5-3-10(4-6-11)13(20)9-19-23(21,22)12-2-1-7-18-8-12/h1-8,13,19-20H,9H2/t13-/m1/s1. The van der Waals surface area contributed by atoms with Crippen molar-refractivity contribution in [2.75, 3.05) is 6.54 Å². The Balaban J connectivity index is 2.04. The highest BCUT2D eigenvalue weighted by molar-refractivity contribution is 7.89. The summed E-state index contributed by atoms with van der Waals surface area (Å²) in [6.45, 7) is -0.372. The normalized spacial score (nSPS) is 13.7. The lowest BCUT2D eigenvalue weighted by atomic mass is 10.1. The molecule has 0 spiro atoms. The summed E-state index contributed by atoms with van der Waals surface area (Å²) in [5.41, 5.74) is -0.670. The fourth-order valence-corrected chi connectivity index (χ4v) is 2.79. The lowest BCUT2D eigenvalue weighted by Crippen LogP contribution is -2.28. The van der Waals surface area contributed by atoms with Gasteiger partial charge >= 0.3 is 6.18 Å². The van der Waals surface area contributed by atoms with Gasteiger partial charge in [-0.05, 0) is 29.8 Å². The zero-order valence-corrected chi connectivity index (χ0v) is 12.5. The molecule has 0 unspecified atom stereocenters. The van der Waals surface area contributed by atoms with Crippen LogP contribution >= 0.6 is 0 Å². The van der Waals surface area contributed by atoms with Crippen molar-refractivity contribution in [3.05, 3.63) is 59.9 Å². The number of nitrogens with one attached hydrogen (secondary N) is 1. The van der Waals surface area contributed by atoms with E-state index in [0.29, 0.717) is 0 Å². The number of aromatic nitrogens is 1. The van der Waals surface area contributed by atoms with Crippen LogP contribution in [0.4, 0.5) is 13.2 Å². The molecule has 124 valence electrons. The molecule has 2 rings (SSSR count). The minimum atomic E-state index is -4.47. The quantitative estimate of drug-likeness (QED) is 0.869. The fraction of sp³-hybridized carbons (Fsp3) is 0.214. The predicted octanol–water partition coefficient (Wildman–Crippen LogP) is 2.11. The first-order valence-corrected chi connectivity index (χ1v) is 7.93. The van der Waals surface area contributed by atoms with E-state index in [4.69, 9.17) is 0 Å². The third-order valence-electron chi connectivity index (χ3n) is 3.03. The maximum absolute atomic E-state index is 12.5. The van der Waals surface area contributed by atoms with Gasteiger partial charge in [0.15, 0.2) is 0 Å². The molecule has 0 amide bonds. The molecule has 0 fully saturated rings. The molecule has 1 heterocycles. The molecule has 0 saturated heterocycles. The predicted molar refractivity (Wildman–Crippen MR) is 75.8 cm³/mol. The van der Waals surface area contributed by atoms with Crippen LogP contribution in [0.1, 0.15) is 17.2 Å². The lowest BCUT2D eigenvalue weighted by Gasteiger charge is -2.14. The van der Waals surface area contributed by atoms with Crippen LogP contribution in [0.2, 0.25) is 0 Å². The van der Waals surface area contributed by atoms with Gasteiger partial charge in [0.2, 0.25) is 10.0 Å². The van der Waals surface area contributed by atoms with Crippen LogP contribution in [0.5, 0.6) is 0 Å². The molecule has 0 saturated carbocycles. The summed E-state index contributed by atoms with van der Waals surface area (Å²) in [5, 5.41) is 9.90. The van der Waals surface area contributed by atoms with Gasteiger partial charge in [0.25, 0.3) is 0 Å². The Morgan fingerprint density at radius 2 is 1.83 bits per heavy atom. The minimum absolute atomic E-state index is 0.0698. The number of pyridine rings is 1. The van der Waals surface area contributed by atoms with Gasteiger partial charge in [-0.2, -0.15) is 13.2 Å². The van der Waals surface area contributed by atoms with Crippen molar-refractivity contribution in [3.8, 4) is 0 Å². The van der Waals surface area contributed by atoms with Crippen molar-refractivity contribution in [2.24, 2.45) is 0 Å². The Labute approximate surface area is 130 Å². The van der Waals surface area contributed by atoms with Crippen molar-refractivity contribution < 1.29 is 26.7 Å². The summed E-state index contributed by atoms with van der Waals surface area (Å²) in [6.07, 6.45) is -3.18. The van der Waals surface area contributed by atoms with E-state index in [2.05, 4.69) is 9.71 Å². The molecule has 9 heteroatoms. The smallest absolute Gasteiger partial charge is 0.387 e. The van der Waals surface area contributed by atoms with Crippen molar-refractivity contribution in [2.45, 2.75) is 17.2 Å². The molecule has 5 nitrogen and oxygen atoms in total. The molecule has 2 N–H and O–H groups in total. The van der Waals surface area contributed by atoms with E-state index >= 15 is 0 Å². The van der Waals surface area contributed by atoms with E-state index < -0.39 is 27.9 Å². The molecule has 0 aliphatic carbocycles. The Morgan fingerprint density at radius 3 is 2.35 bits per heavy atom. The third-order valence-corrected chi connectivity index (χ3v) is 4.44. The van der Waals surface area contributed by atoms with Gasteiger partial charge < -0.3 is 5.11 Å². The monoisotopic (exact) mass is 346 g/mol. The third kappa shape index (κ3) is 4.50. The Morgan fingerprint density at radius 1 is 1.17 bits per heavy atom. The second-order valence-electron chi connectivity index (χ2n) is 4.68. The highest BCUT2D eigenvalue weighted by Gasteiger charge is 2.30. The number of rotatable bonds is 5. The molecular formula is C14H13F3N2O3S. The number of nitrogens with zero attached hydrogens (tertiary/aromatic N) is 1. The van der Waals surface area contributed by atoms with Gasteiger partial charge in [-0.3, -0.25) is 4.98 Å². The van der Waals surface area contributed by atoms with Crippen molar-refractivity contribution >= 4 is 10.0 Å². The SMILES string of the molecule is O=S(=O)(NC[C@@H](O)c1ccc(C(F)(F)F)cc1)c1cccnc1.